The third kappa shape index (κ3) is 7.54. The highest BCUT2D eigenvalue weighted by Gasteiger charge is 2.16. The van der Waals surface area contributed by atoms with Crippen LogP contribution in [0.2, 0.25) is 0 Å². The highest BCUT2D eigenvalue weighted by molar-refractivity contribution is 5.75. The fourth-order valence-electron chi connectivity index (χ4n) is 5.09. The normalized spacial score (nSPS) is 11.5. The second kappa shape index (κ2) is 13.0. The summed E-state index contributed by atoms with van der Waals surface area (Å²) in [5.74, 6) is 0.685. The average Bonchev–Trinajstić information content (AvgIpc) is 3.22. The lowest BCUT2D eigenvalue weighted by molar-refractivity contribution is -0.136. The number of hydrogen-bond donors (Lipinski definition) is 1. The van der Waals surface area contributed by atoms with Crippen LogP contribution in [-0.4, -0.2) is 32.0 Å². The first-order valence-electron chi connectivity index (χ1n) is 14.4. The number of ether oxygens (including phenoxy) is 1. The molecule has 0 aliphatic carbocycles. The summed E-state index contributed by atoms with van der Waals surface area (Å²) in [6.07, 6.45) is 2.33. The molecule has 4 rings (SSSR count). The minimum absolute atomic E-state index is 0.0346. The molecule has 0 unspecified atom stereocenters. The largest absolute Gasteiger partial charge is 0.493 e. The summed E-state index contributed by atoms with van der Waals surface area (Å²) in [7, 11) is 0. The fraction of sp³-hybridized carbons (Fsp3) is 0.382. The van der Waals surface area contributed by atoms with E-state index in [1.807, 2.05) is 38.1 Å². The zero-order valence-corrected chi connectivity index (χ0v) is 24.8. The molecule has 0 spiro atoms. The number of aryl methyl sites for hydroxylation is 2. The number of carboxylic acid groups (broad SMARTS) is 1. The lowest BCUT2D eigenvalue weighted by Gasteiger charge is -2.19. The molecular formula is C34H41N3O4. The SMILES string of the molecule is CCOc1ccc(CC(=O)O)cc1-c1cccc(CCCc2nn(Cc3ccc(C(C)(C)C)cc3)c(=O)n2CC)c1. The van der Waals surface area contributed by atoms with Gasteiger partial charge in [-0.25, -0.2) is 9.48 Å². The van der Waals surface area contributed by atoms with E-state index >= 15 is 0 Å². The lowest BCUT2D eigenvalue weighted by Crippen LogP contribution is -2.25. The molecule has 0 bridgehead atoms. The molecule has 0 atom stereocenters. The highest BCUT2D eigenvalue weighted by Crippen LogP contribution is 2.32. The fourth-order valence-corrected chi connectivity index (χ4v) is 5.09. The molecule has 0 saturated carbocycles. The monoisotopic (exact) mass is 555 g/mol. The Morgan fingerprint density at radius 2 is 1.66 bits per heavy atom. The summed E-state index contributed by atoms with van der Waals surface area (Å²) in [4.78, 5) is 24.3. The van der Waals surface area contributed by atoms with Crippen LogP contribution >= 0.6 is 0 Å². The van der Waals surface area contributed by atoms with Gasteiger partial charge in [-0.1, -0.05) is 75.4 Å². The number of rotatable bonds is 12. The Kier molecular flexibility index (Phi) is 9.48. The van der Waals surface area contributed by atoms with Gasteiger partial charge in [-0.2, -0.15) is 5.10 Å². The molecule has 0 aliphatic heterocycles. The zero-order valence-electron chi connectivity index (χ0n) is 24.8. The maximum atomic E-state index is 13.1. The number of carboxylic acids is 1. The molecule has 7 heteroatoms. The van der Waals surface area contributed by atoms with Gasteiger partial charge in [-0.15, -0.1) is 0 Å². The molecule has 7 nitrogen and oxygen atoms in total. The maximum Gasteiger partial charge on any atom is 0.346 e. The van der Waals surface area contributed by atoms with E-state index in [9.17, 15) is 14.7 Å². The molecule has 41 heavy (non-hydrogen) atoms. The number of aliphatic carboxylic acids is 1. The second-order valence-electron chi connectivity index (χ2n) is 11.4. The number of nitrogens with zero attached hydrogens (tertiary/aromatic N) is 3. The molecule has 1 heterocycles. The summed E-state index contributed by atoms with van der Waals surface area (Å²) in [6.45, 7) is 12.0. The molecule has 0 saturated heterocycles. The van der Waals surface area contributed by atoms with Crippen molar-refractivity contribution in [1.29, 1.82) is 0 Å². The minimum atomic E-state index is -0.861. The van der Waals surface area contributed by atoms with Crippen molar-refractivity contribution < 1.29 is 14.6 Å². The maximum absolute atomic E-state index is 13.1. The van der Waals surface area contributed by atoms with Gasteiger partial charge in [0.15, 0.2) is 0 Å². The summed E-state index contributed by atoms with van der Waals surface area (Å²) in [5.41, 5.74) is 6.11. The molecule has 0 fully saturated rings. The third-order valence-electron chi connectivity index (χ3n) is 7.27. The number of aromatic nitrogens is 3. The van der Waals surface area contributed by atoms with Gasteiger partial charge in [0.1, 0.15) is 11.6 Å². The Labute approximate surface area is 242 Å². The Hall–Kier alpha value is -4.13. The van der Waals surface area contributed by atoms with Crippen LogP contribution in [0.5, 0.6) is 5.75 Å². The summed E-state index contributed by atoms with van der Waals surface area (Å²) in [5, 5.41) is 14.0. The van der Waals surface area contributed by atoms with E-state index in [0.717, 1.165) is 52.2 Å². The molecule has 0 aliphatic rings. The predicted octanol–water partition coefficient (Wildman–Crippen LogP) is 6.28. The third-order valence-corrected chi connectivity index (χ3v) is 7.27. The lowest BCUT2D eigenvalue weighted by atomic mass is 9.87. The van der Waals surface area contributed by atoms with E-state index in [1.165, 1.54) is 5.56 Å². The van der Waals surface area contributed by atoms with E-state index in [4.69, 9.17) is 9.84 Å². The van der Waals surface area contributed by atoms with Gasteiger partial charge < -0.3 is 9.84 Å². The van der Waals surface area contributed by atoms with Crippen molar-refractivity contribution in [2.75, 3.05) is 6.61 Å². The van der Waals surface area contributed by atoms with E-state index in [-0.39, 0.29) is 17.5 Å². The molecular weight excluding hydrogens is 514 g/mol. The van der Waals surface area contributed by atoms with Crippen molar-refractivity contribution in [1.82, 2.24) is 14.3 Å². The minimum Gasteiger partial charge on any atom is -0.493 e. The van der Waals surface area contributed by atoms with Crippen LogP contribution in [0.3, 0.4) is 0 Å². The Bertz CT molecular complexity index is 1540. The topological polar surface area (TPSA) is 86.3 Å². The average molecular weight is 556 g/mol. The summed E-state index contributed by atoms with van der Waals surface area (Å²) < 4.78 is 9.18. The Balaban J connectivity index is 1.47. The first-order valence-corrected chi connectivity index (χ1v) is 14.4. The molecule has 0 radical (unpaired) electrons. The zero-order chi connectivity index (χ0) is 29.6. The van der Waals surface area contributed by atoms with Gasteiger partial charge in [0, 0.05) is 18.5 Å². The first-order chi connectivity index (χ1) is 19.6. The van der Waals surface area contributed by atoms with Gasteiger partial charge in [-0.3, -0.25) is 9.36 Å². The molecule has 216 valence electrons. The van der Waals surface area contributed by atoms with Crippen molar-refractivity contribution in [3.63, 3.8) is 0 Å². The van der Waals surface area contributed by atoms with Crippen LogP contribution in [0.1, 0.15) is 69.1 Å². The number of benzene rings is 3. The van der Waals surface area contributed by atoms with Gasteiger partial charge in [-0.05, 0) is 72.1 Å². The van der Waals surface area contributed by atoms with Crippen molar-refractivity contribution in [2.24, 2.45) is 0 Å². The quantitative estimate of drug-likeness (QED) is 0.222. The van der Waals surface area contributed by atoms with Crippen LogP contribution in [-0.2, 0) is 42.6 Å². The summed E-state index contributed by atoms with van der Waals surface area (Å²) in [6, 6.07) is 22.3. The molecule has 1 N–H and O–H groups in total. The van der Waals surface area contributed by atoms with Crippen LogP contribution in [0.25, 0.3) is 11.1 Å². The molecule has 1 aromatic heterocycles. The van der Waals surface area contributed by atoms with Crippen LogP contribution < -0.4 is 10.4 Å². The van der Waals surface area contributed by atoms with Gasteiger partial charge in [0.2, 0.25) is 0 Å². The number of hydrogen-bond acceptors (Lipinski definition) is 4. The van der Waals surface area contributed by atoms with Crippen molar-refractivity contribution in [3.8, 4) is 16.9 Å². The van der Waals surface area contributed by atoms with Gasteiger partial charge in [0.05, 0.1) is 19.6 Å². The molecule has 4 aromatic rings. The van der Waals surface area contributed by atoms with E-state index in [0.29, 0.717) is 26.1 Å². The van der Waals surface area contributed by atoms with Crippen molar-refractivity contribution >= 4 is 5.97 Å². The van der Waals surface area contributed by atoms with Crippen LogP contribution in [0.4, 0.5) is 0 Å². The number of carbonyl (C=O) groups is 1. The highest BCUT2D eigenvalue weighted by atomic mass is 16.5. The molecule has 0 amide bonds. The van der Waals surface area contributed by atoms with E-state index in [2.05, 4.69) is 57.2 Å². The molecule has 3 aromatic carbocycles. The van der Waals surface area contributed by atoms with Gasteiger partial charge >= 0.3 is 11.7 Å². The van der Waals surface area contributed by atoms with Crippen molar-refractivity contribution in [2.45, 2.75) is 78.8 Å². The van der Waals surface area contributed by atoms with Gasteiger partial charge in [0.25, 0.3) is 0 Å². The van der Waals surface area contributed by atoms with Crippen LogP contribution in [0.15, 0.2) is 71.5 Å². The second-order valence-corrected chi connectivity index (χ2v) is 11.4. The van der Waals surface area contributed by atoms with Crippen LogP contribution in [0, 0.1) is 0 Å². The summed E-state index contributed by atoms with van der Waals surface area (Å²) >= 11 is 0. The van der Waals surface area contributed by atoms with E-state index < -0.39 is 5.97 Å². The smallest absolute Gasteiger partial charge is 0.346 e. The standard InChI is InChI=1S/C34H41N3O4/c1-6-36-31(35-37(33(36)40)23-25-14-17-28(18-15-25)34(3,4)5)13-9-11-24-10-8-12-27(20-24)29-21-26(22-32(38)39)16-19-30(29)41-7-2/h8,10,12,14-21H,6-7,9,11,13,22-23H2,1-5H3,(H,38,39). The first kappa shape index (κ1) is 29.8. The Morgan fingerprint density at radius 1 is 0.927 bits per heavy atom. The predicted molar refractivity (Wildman–Crippen MR) is 163 cm³/mol. The van der Waals surface area contributed by atoms with Crippen molar-refractivity contribution in [3.05, 3.63) is 105 Å². The Morgan fingerprint density at radius 3 is 2.32 bits per heavy atom. The van der Waals surface area contributed by atoms with E-state index in [1.54, 1.807) is 15.3 Å².